The van der Waals surface area contributed by atoms with Gasteiger partial charge in [-0.05, 0) is 24.6 Å². The molecule has 0 fully saturated rings. The van der Waals surface area contributed by atoms with Crippen molar-refractivity contribution in [3.8, 4) is 0 Å². The van der Waals surface area contributed by atoms with Crippen LogP contribution >= 0.6 is 0 Å². The Balaban J connectivity index is 2.87. The van der Waals surface area contributed by atoms with E-state index in [1.54, 1.807) is 0 Å². The van der Waals surface area contributed by atoms with Gasteiger partial charge in [0, 0.05) is 22.7 Å². The molecular weight excluding hydrogens is 272 g/mol. The van der Waals surface area contributed by atoms with Crippen LogP contribution in [0.2, 0.25) is 0 Å². The summed E-state index contributed by atoms with van der Waals surface area (Å²) >= 11 is 0. The standard InChI is InChI=1S/C13H11F2NO4/c1-7-4-8-11(5-10(7)14)16(2-3-17)6-9(12(8)18)13(19)20-15/h4-6,17H,2-3H2,1H3. The van der Waals surface area contributed by atoms with Crippen molar-refractivity contribution >= 4 is 16.9 Å². The van der Waals surface area contributed by atoms with Crippen molar-refractivity contribution in [3.05, 3.63) is 45.5 Å². The van der Waals surface area contributed by atoms with Gasteiger partial charge in [0.05, 0.1) is 12.1 Å². The molecule has 0 saturated carbocycles. The van der Waals surface area contributed by atoms with E-state index in [9.17, 15) is 18.5 Å². The zero-order valence-electron chi connectivity index (χ0n) is 10.5. The molecule has 0 aliphatic rings. The van der Waals surface area contributed by atoms with Crippen molar-refractivity contribution in [1.29, 1.82) is 0 Å². The van der Waals surface area contributed by atoms with E-state index in [-0.39, 0.29) is 29.6 Å². The normalized spacial score (nSPS) is 10.8. The lowest BCUT2D eigenvalue weighted by molar-refractivity contribution is -0.0789. The van der Waals surface area contributed by atoms with Gasteiger partial charge < -0.3 is 9.67 Å². The van der Waals surface area contributed by atoms with Crippen LogP contribution in [0.5, 0.6) is 0 Å². The second kappa shape index (κ2) is 5.38. The number of hydrogen-bond donors (Lipinski definition) is 1. The number of hydrogen-bond acceptors (Lipinski definition) is 4. The Morgan fingerprint density at radius 1 is 1.45 bits per heavy atom. The summed E-state index contributed by atoms with van der Waals surface area (Å²) in [5.74, 6) is -1.95. The van der Waals surface area contributed by atoms with Crippen molar-refractivity contribution in [2.45, 2.75) is 13.5 Å². The summed E-state index contributed by atoms with van der Waals surface area (Å²) in [5.41, 5.74) is -0.835. The van der Waals surface area contributed by atoms with Gasteiger partial charge in [-0.3, -0.25) is 4.79 Å². The molecule has 0 amide bonds. The first kappa shape index (κ1) is 14.1. The van der Waals surface area contributed by atoms with E-state index in [1.807, 2.05) is 0 Å². The first-order valence-electron chi connectivity index (χ1n) is 5.76. The minimum atomic E-state index is -1.43. The smallest absolute Gasteiger partial charge is 0.384 e. The molecule has 0 bridgehead atoms. The highest BCUT2D eigenvalue weighted by atomic mass is 19.3. The van der Waals surface area contributed by atoms with Crippen molar-refractivity contribution in [2.24, 2.45) is 0 Å². The monoisotopic (exact) mass is 283 g/mol. The van der Waals surface area contributed by atoms with Crippen LogP contribution in [0.1, 0.15) is 15.9 Å². The lowest BCUT2D eigenvalue weighted by atomic mass is 10.1. The Bertz CT molecular complexity index is 739. The Hall–Kier alpha value is -2.28. The maximum atomic E-state index is 13.6. The fraction of sp³-hybridized carbons (Fsp3) is 0.231. The SMILES string of the molecule is Cc1cc2c(=O)c(C(=O)OF)cn(CCO)c2cc1F. The Labute approximate surface area is 111 Å². The first-order valence-corrected chi connectivity index (χ1v) is 5.76. The second-order valence-electron chi connectivity index (χ2n) is 4.27. The largest absolute Gasteiger partial charge is 0.395 e. The maximum absolute atomic E-state index is 13.6. The third-order valence-corrected chi connectivity index (χ3v) is 2.99. The number of nitrogens with zero attached hydrogens (tertiary/aromatic N) is 1. The zero-order valence-corrected chi connectivity index (χ0v) is 10.5. The van der Waals surface area contributed by atoms with Gasteiger partial charge in [-0.2, -0.15) is 0 Å². The van der Waals surface area contributed by atoms with Crippen LogP contribution < -0.4 is 5.43 Å². The predicted molar refractivity (Wildman–Crippen MR) is 66.5 cm³/mol. The van der Waals surface area contributed by atoms with Gasteiger partial charge in [0.1, 0.15) is 11.4 Å². The van der Waals surface area contributed by atoms with Crippen LogP contribution in [0.15, 0.2) is 23.1 Å². The number of fused-ring (bicyclic) bond motifs is 1. The molecule has 1 aromatic carbocycles. The van der Waals surface area contributed by atoms with E-state index in [0.29, 0.717) is 0 Å². The summed E-state index contributed by atoms with van der Waals surface area (Å²) in [6, 6.07) is 2.40. The quantitative estimate of drug-likeness (QED) is 0.926. The van der Waals surface area contributed by atoms with Crippen molar-refractivity contribution < 1.29 is 23.8 Å². The first-order chi connectivity index (χ1) is 9.49. The highest BCUT2D eigenvalue weighted by Crippen LogP contribution is 2.17. The minimum absolute atomic E-state index is 0.0197. The maximum Gasteiger partial charge on any atom is 0.384 e. The molecule has 1 aromatic heterocycles. The third-order valence-electron chi connectivity index (χ3n) is 2.99. The molecule has 106 valence electrons. The van der Waals surface area contributed by atoms with E-state index in [4.69, 9.17) is 5.11 Å². The molecule has 0 aliphatic heterocycles. The number of carbonyl (C=O) groups is 1. The molecule has 0 radical (unpaired) electrons. The van der Waals surface area contributed by atoms with E-state index in [1.165, 1.54) is 17.6 Å². The fourth-order valence-electron chi connectivity index (χ4n) is 2.00. The number of rotatable bonds is 3. The van der Waals surface area contributed by atoms with Gasteiger partial charge in [-0.1, -0.05) is 0 Å². The lowest BCUT2D eigenvalue weighted by Crippen LogP contribution is -2.20. The molecule has 0 aliphatic carbocycles. The fourth-order valence-corrected chi connectivity index (χ4v) is 2.00. The van der Waals surface area contributed by atoms with Gasteiger partial charge >= 0.3 is 5.97 Å². The van der Waals surface area contributed by atoms with Crippen molar-refractivity contribution in [1.82, 2.24) is 4.57 Å². The molecular formula is C13H11F2NO4. The number of aliphatic hydroxyl groups excluding tert-OH is 1. The van der Waals surface area contributed by atoms with Crippen LogP contribution in [0.3, 0.4) is 0 Å². The summed E-state index contributed by atoms with van der Waals surface area (Å²) in [6.45, 7) is 1.19. The van der Waals surface area contributed by atoms with E-state index >= 15 is 0 Å². The van der Waals surface area contributed by atoms with Gasteiger partial charge in [0.25, 0.3) is 0 Å². The topological polar surface area (TPSA) is 68.5 Å². The number of aryl methyl sites for hydroxylation is 1. The van der Waals surface area contributed by atoms with Gasteiger partial charge in [-0.25, -0.2) is 14.1 Å². The molecule has 2 rings (SSSR count). The predicted octanol–water partition coefficient (Wildman–Crippen LogP) is 1.48. The number of aliphatic hydroxyl groups is 1. The summed E-state index contributed by atoms with van der Waals surface area (Å²) in [7, 11) is 0. The summed E-state index contributed by atoms with van der Waals surface area (Å²) in [5, 5.41) is 9.03. The number of halogens is 2. The van der Waals surface area contributed by atoms with E-state index in [0.717, 1.165) is 12.3 Å². The molecule has 7 heteroatoms. The molecule has 2 aromatic rings. The van der Waals surface area contributed by atoms with Crippen molar-refractivity contribution in [3.63, 3.8) is 0 Å². The summed E-state index contributed by atoms with van der Waals surface area (Å²) < 4.78 is 26.9. The Morgan fingerprint density at radius 2 is 2.15 bits per heavy atom. The Kier molecular flexibility index (Phi) is 3.80. The zero-order chi connectivity index (χ0) is 14.9. The van der Waals surface area contributed by atoms with Crippen LogP contribution in [-0.2, 0) is 11.5 Å². The van der Waals surface area contributed by atoms with E-state index < -0.39 is 22.8 Å². The molecule has 0 saturated heterocycles. The average Bonchev–Trinajstić information content (AvgIpc) is 2.43. The van der Waals surface area contributed by atoms with Crippen molar-refractivity contribution in [2.75, 3.05) is 6.61 Å². The van der Waals surface area contributed by atoms with Crippen LogP contribution in [0.25, 0.3) is 10.9 Å². The molecule has 1 heterocycles. The molecule has 0 atom stereocenters. The molecule has 5 nitrogen and oxygen atoms in total. The number of carbonyl (C=O) groups excluding carboxylic acids is 1. The Morgan fingerprint density at radius 3 is 2.75 bits per heavy atom. The third kappa shape index (κ3) is 2.27. The minimum Gasteiger partial charge on any atom is -0.395 e. The summed E-state index contributed by atoms with van der Waals surface area (Å²) in [6.07, 6.45) is 1.04. The number of benzene rings is 1. The highest BCUT2D eigenvalue weighted by molar-refractivity contribution is 5.93. The van der Waals surface area contributed by atoms with E-state index in [2.05, 4.69) is 4.94 Å². The molecule has 0 unspecified atom stereocenters. The van der Waals surface area contributed by atoms with Crippen LogP contribution in [0.4, 0.5) is 8.92 Å². The molecule has 0 spiro atoms. The lowest BCUT2D eigenvalue weighted by Gasteiger charge is -2.12. The van der Waals surface area contributed by atoms with Gasteiger partial charge in [-0.15, -0.1) is 0 Å². The van der Waals surface area contributed by atoms with Crippen LogP contribution in [-0.4, -0.2) is 22.2 Å². The highest BCUT2D eigenvalue weighted by Gasteiger charge is 2.18. The van der Waals surface area contributed by atoms with Gasteiger partial charge in [0.2, 0.25) is 5.43 Å². The molecule has 1 N–H and O–H groups in total. The second-order valence-corrected chi connectivity index (χ2v) is 4.27. The van der Waals surface area contributed by atoms with Gasteiger partial charge in [0.15, 0.2) is 0 Å². The number of aromatic nitrogens is 1. The van der Waals surface area contributed by atoms with Crippen LogP contribution in [0, 0.1) is 12.7 Å². The molecule has 20 heavy (non-hydrogen) atoms. The number of pyridine rings is 1. The average molecular weight is 283 g/mol. The summed E-state index contributed by atoms with van der Waals surface area (Å²) in [4.78, 5) is 26.4.